The van der Waals surface area contributed by atoms with E-state index < -0.39 is 5.66 Å². The van der Waals surface area contributed by atoms with Gasteiger partial charge >= 0.3 is 0 Å². The third-order valence-corrected chi connectivity index (χ3v) is 4.86. The summed E-state index contributed by atoms with van der Waals surface area (Å²) < 4.78 is 0. The fraction of sp³-hybridized carbons (Fsp3) is 0.467. The molecule has 0 saturated carbocycles. The minimum atomic E-state index is -0.486. The lowest BCUT2D eigenvalue weighted by Gasteiger charge is -2.42. The highest BCUT2D eigenvalue weighted by atomic mass is 16.2. The maximum atomic E-state index is 12.3. The summed E-state index contributed by atoms with van der Waals surface area (Å²) in [6.07, 6.45) is 2.77. The van der Waals surface area contributed by atoms with Crippen LogP contribution in [0.3, 0.4) is 0 Å². The summed E-state index contributed by atoms with van der Waals surface area (Å²) in [6.45, 7) is 1.61. The van der Waals surface area contributed by atoms with Gasteiger partial charge in [0.05, 0.1) is 11.6 Å². The molecule has 2 amide bonds. The van der Waals surface area contributed by atoms with Crippen LogP contribution in [-0.4, -0.2) is 34.5 Å². The largest absolute Gasteiger partial charge is 0.360 e. The van der Waals surface area contributed by atoms with Gasteiger partial charge in [-0.3, -0.25) is 9.59 Å². The van der Waals surface area contributed by atoms with Crippen LogP contribution in [0.1, 0.15) is 36.5 Å². The van der Waals surface area contributed by atoms with Gasteiger partial charge < -0.3 is 15.5 Å². The van der Waals surface area contributed by atoms with Gasteiger partial charge in [0.1, 0.15) is 5.66 Å². The number of nitrogens with one attached hydrogen (secondary N) is 2. The third kappa shape index (κ3) is 1.38. The minimum Gasteiger partial charge on any atom is -0.360 e. The lowest BCUT2D eigenvalue weighted by Crippen LogP contribution is -2.64. The molecule has 0 aliphatic carbocycles. The van der Waals surface area contributed by atoms with Crippen molar-refractivity contribution in [2.24, 2.45) is 0 Å². The maximum Gasteiger partial charge on any atom is 0.255 e. The fourth-order valence-electron chi connectivity index (χ4n) is 4.15. The quantitative estimate of drug-likeness (QED) is 0.748. The number of nitrogens with zero attached hydrogens (tertiary/aromatic N) is 1. The molecule has 2 bridgehead atoms. The van der Waals surface area contributed by atoms with Crippen LogP contribution in [0.15, 0.2) is 24.3 Å². The Hall–Kier alpha value is -2.04. The van der Waals surface area contributed by atoms with E-state index in [9.17, 15) is 9.59 Å². The molecule has 3 aliphatic rings. The number of carbonyl (C=O) groups is 2. The van der Waals surface area contributed by atoms with Crippen molar-refractivity contribution in [3.63, 3.8) is 0 Å². The van der Waals surface area contributed by atoms with Gasteiger partial charge in [0.2, 0.25) is 5.91 Å². The molecular weight excluding hydrogens is 254 g/mol. The Balaban J connectivity index is 1.75. The van der Waals surface area contributed by atoms with Crippen LogP contribution in [0.2, 0.25) is 0 Å². The summed E-state index contributed by atoms with van der Waals surface area (Å²) in [5.41, 5.74) is 1.06. The van der Waals surface area contributed by atoms with Crippen LogP contribution in [-0.2, 0) is 4.79 Å². The topological polar surface area (TPSA) is 61.4 Å². The highest BCUT2D eigenvalue weighted by Gasteiger charge is 2.59. The van der Waals surface area contributed by atoms with Crippen LogP contribution in [0, 0.1) is 0 Å². The molecule has 0 aromatic heterocycles. The van der Waals surface area contributed by atoms with E-state index in [4.69, 9.17) is 0 Å². The van der Waals surface area contributed by atoms with Gasteiger partial charge in [-0.1, -0.05) is 12.1 Å². The van der Waals surface area contributed by atoms with Crippen LogP contribution in [0.4, 0.5) is 5.69 Å². The summed E-state index contributed by atoms with van der Waals surface area (Å²) in [5.74, 6) is 0.0553. The smallest absolute Gasteiger partial charge is 0.255 e. The van der Waals surface area contributed by atoms with Crippen LogP contribution in [0.25, 0.3) is 0 Å². The molecule has 2 N–H and O–H groups in total. The van der Waals surface area contributed by atoms with E-state index in [2.05, 4.69) is 10.6 Å². The lowest BCUT2D eigenvalue weighted by atomic mass is 9.86. The van der Waals surface area contributed by atoms with Crippen molar-refractivity contribution in [1.29, 1.82) is 0 Å². The number of rotatable bonds is 0. The summed E-state index contributed by atoms with van der Waals surface area (Å²) in [6, 6.07) is 7.84. The highest BCUT2D eigenvalue weighted by Crippen LogP contribution is 2.46. The number of fused-ring (bicyclic) bond motifs is 4. The molecule has 104 valence electrons. The average Bonchev–Trinajstić information content (AvgIpc) is 2.94. The Morgan fingerprint density at radius 3 is 2.85 bits per heavy atom. The molecule has 3 heterocycles. The molecule has 3 atom stereocenters. The molecule has 3 unspecified atom stereocenters. The first-order valence-corrected chi connectivity index (χ1v) is 7.09. The van der Waals surface area contributed by atoms with E-state index >= 15 is 0 Å². The predicted molar refractivity (Wildman–Crippen MR) is 74.2 cm³/mol. The number of benzene rings is 1. The summed E-state index contributed by atoms with van der Waals surface area (Å²) in [7, 11) is 0. The van der Waals surface area contributed by atoms with Gasteiger partial charge in [0, 0.05) is 25.1 Å². The van der Waals surface area contributed by atoms with Crippen molar-refractivity contribution in [3.8, 4) is 0 Å². The molecule has 1 aromatic rings. The van der Waals surface area contributed by atoms with Crippen molar-refractivity contribution >= 4 is 17.5 Å². The Bertz CT molecular complexity index is 615. The standard InChI is InChI=1S/C15H17N3O2/c1-9(19)18-10-6-7-13(18)15(8-10)16-12-5-3-2-4-11(12)14(20)17-15/h2-5,10,13,16H,6-8H2,1H3,(H,17,20). The second-order valence-corrected chi connectivity index (χ2v) is 5.97. The Morgan fingerprint density at radius 2 is 2.10 bits per heavy atom. The van der Waals surface area contributed by atoms with Crippen molar-refractivity contribution in [3.05, 3.63) is 29.8 Å². The van der Waals surface area contributed by atoms with E-state index in [1.165, 1.54) is 0 Å². The van der Waals surface area contributed by atoms with Gasteiger partial charge in [-0.05, 0) is 25.0 Å². The fourth-order valence-corrected chi connectivity index (χ4v) is 4.15. The Labute approximate surface area is 117 Å². The maximum absolute atomic E-state index is 12.3. The zero-order chi connectivity index (χ0) is 13.9. The molecular formula is C15H17N3O2. The van der Waals surface area contributed by atoms with Crippen molar-refractivity contribution in [1.82, 2.24) is 10.2 Å². The zero-order valence-corrected chi connectivity index (χ0v) is 11.3. The second kappa shape index (κ2) is 3.75. The van der Waals surface area contributed by atoms with E-state index in [1.54, 1.807) is 6.92 Å². The molecule has 4 rings (SSSR count). The minimum absolute atomic E-state index is 0.0459. The highest BCUT2D eigenvalue weighted by molar-refractivity contribution is 6.02. The first kappa shape index (κ1) is 11.8. The lowest BCUT2D eigenvalue weighted by molar-refractivity contribution is -0.130. The molecule has 5 nitrogen and oxygen atoms in total. The first-order chi connectivity index (χ1) is 9.61. The molecule has 3 aliphatic heterocycles. The molecule has 20 heavy (non-hydrogen) atoms. The second-order valence-electron chi connectivity index (χ2n) is 5.97. The molecule has 0 radical (unpaired) electrons. The van der Waals surface area contributed by atoms with E-state index in [0.29, 0.717) is 5.56 Å². The van der Waals surface area contributed by atoms with Gasteiger partial charge in [0.15, 0.2) is 0 Å². The molecule has 1 spiro atoms. The van der Waals surface area contributed by atoms with Crippen molar-refractivity contribution < 1.29 is 9.59 Å². The number of amides is 2. The molecule has 2 fully saturated rings. The number of carbonyl (C=O) groups excluding carboxylic acids is 2. The Morgan fingerprint density at radius 1 is 1.30 bits per heavy atom. The monoisotopic (exact) mass is 271 g/mol. The van der Waals surface area contributed by atoms with Crippen molar-refractivity contribution in [2.75, 3.05) is 5.32 Å². The molecule has 5 heteroatoms. The predicted octanol–water partition coefficient (Wildman–Crippen LogP) is 1.32. The van der Waals surface area contributed by atoms with Gasteiger partial charge in [-0.25, -0.2) is 0 Å². The summed E-state index contributed by atoms with van der Waals surface area (Å²) in [4.78, 5) is 26.1. The number of para-hydroxylation sites is 1. The number of hydrogen-bond donors (Lipinski definition) is 2. The summed E-state index contributed by atoms with van der Waals surface area (Å²) >= 11 is 0. The van der Waals surface area contributed by atoms with Crippen LogP contribution >= 0.6 is 0 Å². The van der Waals surface area contributed by atoms with Gasteiger partial charge in [0.25, 0.3) is 5.91 Å². The SMILES string of the molecule is CC(=O)N1C2CCC1C1(C2)NC(=O)c2ccccc2N1. The van der Waals surface area contributed by atoms with E-state index in [0.717, 1.165) is 24.9 Å². The number of anilines is 1. The van der Waals surface area contributed by atoms with Gasteiger partial charge in [-0.15, -0.1) is 0 Å². The zero-order valence-electron chi connectivity index (χ0n) is 11.3. The van der Waals surface area contributed by atoms with Crippen LogP contribution in [0.5, 0.6) is 0 Å². The third-order valence-electron chi connectivity index (χ3n) is 4.86. The van der Waals surface area contributed by atoms with Crippen LogP contribution < -0.4 is 10.6 Å². The average molecular weight is 271 g/mol. The Kier molecular flexibility index (Phi) is 2.20. The van der Waals surface area contributed by atoms with E-state index in [-0.39, 0.29) is 23.9 Å². The number of hydrogen-bond acceptors (Lipinski definition) is 3. The van der Waals surface area contributed by atoms with E-state index in [1.807, 2.05) is 29.2 Å². The summed E-state index contributed by atoms with van der Waals surface area (Å²) in [5, 5.41) is 6.61. The van der Waals surface area contributed by atoms with Gasteiger partial charge in [-0.2, -0.15) is 0 Å². The molecule has 2 saturated heterocycles. The van der Waals surface area contributed by atoms with Crippen molar-refractivity contribution in [2.45, 2.75) is 43.9 Å². The first-order valence-electron chi connectivity index (χ1n) is 7.09. The normalized spacial score (nSPS) is 33.9. The molecule has 1 aromatic carbocycles.